The minimum Gasteiger partial charge on any atom is -0.363 e. The van der Waals surface area contributed by atoms with Crippen LogP contribution >= 0.6 is 0 Å². The van der Waals surface area contributed by atoms with Crippen LogP contribution in [0.15, 0.2) is 28.7 Å². The summed E-state index contributed by atoms with van der Waals surface area (Å²) in [7, 11) is 0. The molecule has 11 heavy (non-hydrogen) atoms. The molecule has 2 aliphatic heterocycles. The molecule has 2 aliphatic rings. The van der Waals surface area contributed by atoms with Crippen molar-refractivity contribution in [3.63, 3.8) is 0 Å². The number of rotatable bonds is 0. The monoisotopic (exact) mass is 148 g/mol. The van der Waals surface area contributed by atoms with Gasteiger partial charge < -0.3 is 5.32 Å². The van der Waals surface area contributed by atoms with Crippen LogP contribution in [0, 0.1) is 11.8 Å². The molecule has 2 rings (SSSR count). The van der Waals surface area contributed by atoms with Gasteiger partial charge in [0.2, 0.25) is 0 Å². The Morgan fingerprint density at radius 1 is 1.55 bits per heavy atom. The van der Waals surface area contributed by atoms with Gasteiger partial charge in [-0.15, -0.1) is 0 Å². The Hall–Kier alpha value is -1.05. The number of nitrogens with zero attached hydrogens (tertiary/aromatic N) is 1. The maximum Gasteiger partial charge on any atom is 0.0463 e. The standard InChI is InChI=1S/C9H12N2/c1-6-3-10-5-8-9(6)7(2)4-11-8/h3-6,9,11H,1-2H3. The Morgan fingerprint density at radius 2 is 2.36 bits per heavy atom. The molecule has 0 saturated carbocycles. The molecule has 0 aliphatic carbocycles. The first-order valence-corrected chi connectivity index (χ1v) is 3.95. The van der Waals surface area contributed by atoms with Gasteiger partial charge in [0, 0.05) is 36.1 Å². The predicted molar refractivity (Wildman–Crippen MR) is 46.1 cm³/mol. The third kappa shape index (κ3) is 0.897. The van der Waals surface area contributed by atoms with Gasteiger partial charge in [0.1, 0.15) is 0 Å². The third-order valence-electron chi connectivity index (χ3n) is 2.35. The molecule has 0 saturated heterocycles. The normalized spacial score (nSPS) is 34.0. The van der Waals surface area contributed by atoms with Crippen molar-refractivity contribution in [1.82, 2.24) is 5.32 Å². The van der Waals surface area contributed by atoms with Gasteiger partial charge in [-0.05, 0) is 12.5 Å². The molecule has 2 atom stereocenters. The summed E-state index contributed by atoms with van der Waals surface area (Å²) in [6.07, 6.45) is 6.00. The largest absolute Gasteiger partial charge is 0.363 e. The van der Waals surface area contributed by atoms with Crippen LogP contribution in [0.25, 0.3) is 0 Å². The molecule has 0 aromatic carbocycles. The van der Waals surface area contributed by atoms with E-state index in [2.05, 4.69) is 30.4 Å². The third-order valence-corrected chi connectivity index (χ3v) is 2.35. The van der Waals surface area contributed by atoms with Crippen molar-refractivity contribution in [2.24, 2.45) is 16.8 Å². The fourth-order valence-electron chi connectivity index (χ4n) is 1.78. The van der Waals surface area contributed by atoms with Gasteiger partial charge in [-0.1, -0.05) is 6.92 Å². The zero-order valence-electron chi connectivity index (χ0n) is 6.83. The van der Waals surface area contributed by atoms with Crippen molar-refractivity contribution in [1.29, 1.82) is 0 Å². The molecule has 2 nitrogen and oxygen atoms in total. The van der Waals surface area contributed by atoms with E-state index in [0.717, 1.165) is 0 Å². The lowest BCUT2D eigenvalue weighted by molar-refractivity contribution is 0.587. The van der Waals surface area contributed by atoms with Gasteiger partial charge in [0.25, 0.3) is 0 Å². The molecule has 0 radical (unpaired) electrons. The van der Waals surface area contributed by atoms with E-state index in [0.29, 0.717) is 11.8 Å². The number of aliphatic imine (C=N–C) groups is 1. The number of hydrogen-bond donors (Lipinski definition) is 1. The molecule has 0 amide bonds. The van der Waals surface area contributed by atoms with E-state index in [1.54, 1.807) is 0 Å². The molecule has 2 unspecified atom stereocenters. The van der Waals surface area contributed by atoms with E-state index in [-0.39, 0.29) is 0 Å². The first kappa shape index (κ1) is 6.65. The van der Waals surface area contributed by atoms with Crippen molar-refractivity contribution < 1.29 is 0 Å². The van der Waals surface area contributed by atoms with Crippen molar-refractivity contribution in [2.45, 2.75) is 13.8 Å². The zero-order valence-corrected chi connectivity index (χ0v) is 6.83. The van der Waals surface area contributed by atoms with E-state index in [4.69, 9.17) is 0 Å². The summed E-state index contributed by atoms with van der Waals surface area (Å²) >= 11 is 0. The molecule has 0 bridgehead atoms. The first-order chi connectivity index (χ1) is 5.29. The van der Waals surface area contributed by atoms with Crippen molar-refractivity contribution >= 4 is 6.21 Å². The molecular weight excluding hydrogens is 136 g/mol. The molecule has 0 aromatic heterocycles. The molecular formula is C9H12N2. The number of allylic oxidation sites excluding steroid dienone is 1. The Morgan fingerprint density at radius 3 is 3.09 bits per heavy atom. The van der Waals surface area contributed by atoms with Crippen molar-refractivity contribution in [3.8, 4) is 0 Å². The van der Waals surface area contributed by atoms with E-state index in [1.165, 1.54) is 11.3 Å². The second-order valence-electron chi connectivity index (χ2n) is 3.25. The highest BCUT2D eigenvalue weighted by atomic mass is 14.9. The minimum atomic E-state index is 0.543. The molecule has 2 heteroatoms. The molecule has 2 heterocycles. The highest BCUT2D eigenvalue weighted by molar-refractivity contribution is 5.65. The maximum absolute atomic E-state index is 4.15. The highest BCUT2D eigenvalue weighted by Crippen LogP contribution is 2.31. The number of nitrogens with one attached hydrogen (secondary N) is 1. The van der Waals surface area contributed by atoms with Crippen LogP contribution in [0.1, 0.15) is 13.8 Å². The van der Waals surface area contributed by atoms with Gasteiger partial charge in [-0.25, -0.2) is 0 Å². The molecule has 0 fully saturated rings. The van der Waals surface area contributed by atoms with E-state index >= 15 is 0 Å². The highest BCUT2D eigenvalue weighted by Gasteiger charge is 2.27. The van der Waals surface area contributed by atoms with E-state index in [1.807, 2.05) is 12.4 Å². The second kappa shape index (κ2) is 2.22. The average Bonchev–Trinajstić information content (AvgIpc) is 2.34. The number of hydrogen-bond acceptors (Lipinski definition) is 2. The summed E-state index contributed by atoms with van der Waals surface area (Å²) in [5.74, 6) is 1.11. The summed E-state index contributed by atoms with van der Waals surface area (Å²) in [5.41, 5.74) is 2.66. The van der Waals surface area contributed by atoms with Crippen LogP contribution < -0.4 is 5.32 Å². The van der Waals surface area contributed by atoms with Crippen molar-refractivity contribution in [2.75, 3.05) is 0 Å². The Balaban J connectivity index is 2.34. The molecule has 58 valence electrons. The predicted octanol–water partition coefficient (Wildman–Crippen LogP) is 1.67. The fraction of sp³-hybridized carbons (Fsp3) is 0.444. The lowest BCUT2D eigenvalue weighted by atomic mass is 9.87. The van der Waals surface area contributed by atoms with E-state index < -0.39 is 0 Å². The molecule has 0 aromatic rings. The SMILES string of the molecule is CC1=CNC2=CN=CC(C)C12. The van der Waals surface area contributed by atoms with Crippen LogP contribution in [0.3, 0.4) is 0 Å². The topological polar surface area (TPSA) is 24.4 Å². The average molecular weight is 148 g/mol. The Bertz CT molecular complexity index is 261. The summed E-state index contributed by atoms with van der Waals surface area (Å²) in [6, 6.07) is 0. The van der Waals surface area contributed by atoms with Crippen LogP contribution in [-0.2, 0) is 0 Å². The van der Waals surface area contributed by atoms with Crippen LogP contribution in [-0.4, -0.2) is 6.21 Å². The van der Waals surface area contributed by atoms with Crippen LogP contribution in [0.4, 0.5) is 0 Å². The quantitative estimate of drug-likeness (QED) is 0.555. The fourth-order valence-corrected chi connectivity index (χ4v) is 1.78. The zero-order chi connectivity index (χ0) is 7.84. The summed E-state index contributed by atoms with van der Waals surface area (Å²) in [5, 5.41) is 3.22. The van der Waals surface area contributed by atoms with E-state index in [9.17, 15) is 0 Å². The summed E-state index contributed by atoms with van der Waals surface area (Å²) in [4.78, 5) is 4.15. The summed E-state index contributed by atoms with van der Waals surface area (Å²) < 4.78 is 0. The Kier molecular flexibility index (Phi) is 1.34. The maximum atomic E-state index is 4.15. The lowest BCUT2D eigenvalue weighted by Crippen LogP contribution is -2.19. The van der Waals surface area contributed by atoms with Gasteiger partial charge in [0.15, 0.2) is 0 Å². The van der Waals surface area contributed by atoms with Gasteiger partial charge in [-0.3, -0.25) is 4.99 Å². The molecule has 0 spiro atoms. The van der Waals surface area contributed by atoms with Gasteiger partial charge in [-0.2, -0.15) is 0 Å². The van der Waals surface area contributed by atoms with Crippen LogP contribution in [0.2, 0.25) is 0 Å². The van der Waals surface area contributed by atoms with Gasteiger partial charge in [0.05, 0.1) is 0 Å². The summed E-state index contributed by atoms with van der Waals surface area (Å²) in [6.45, 7) is 4.36. The minimum absolute atomic E-state index is 0.543. The van der Waals surface area contributed by atoms with Gasteiger partial charge >= 0.3 is 0 Å². The second-order valence-corrected chi connectivity index (χ2v) is 3.25. The lowest BCUT2D eigenvalue weighted by Gasteiger charge is -2.20. The smallest absolute Gasteiger partial charge is 0.0463 e. The number of fused-ring (bicyclic) bond motifs is 1. The Labute approximate surface area is 66.7 Å². The van der Waals surface area contributed by atoms with Crippen molar-refractivity contribution in [3.05, 3.63) is 23.7 Å². The van der Waals surface area contributed by atoms with Crippen LogP contribution in [0.5, 0.6) is 0 Å². The molecule has 1 N–H and O–H groups in total. The first-order valence-electron chi connectivity index (χ1n) is 3.95.